The highest BCUT2D eigenvalue weighted by Crippen LogP contribution is 2.26. The van der Waals surface area contributed by atoms with Gasteiger partial charge in [0.15, 0.2) is 0 Å². The molecule has 6 nitrogen and oxygen atoms in total. The van der Waals surface area contributed by atoms with E-state index < -0.39 is 10.0 Å². The second-order valence-electron chi connectivity index (χ2n) is 4.66. The molecular formula is C12H16N4O2S2. The molecule has 0 aromatic carbocycles. The average molecular weight is 312 g/mol. The highest BCUT2D eigenvalue weighted by Gasteiger charge is 2.29. The number of thiophene rings is 1. The fourth-order valence-electron chi connectivity index (χ4n) is 2.30. The van der Waals surface area contributed by atoms with Crippen LogP contribution in [0.15, 0.2) is 11.4 Å². The van der Waals surface area contributed by atoms with Gasteiger partial charge in [-0.1, -0.05) is 0 Å². The summed E-state index contributed by atoms with van der Waals surface area (Å²) in [4.78, 5) is 9.83. The van der Waals surface area contributed by atoms with E-state index in [9.17, 15) is 8.42 Å². The Balaban J connectivity index is 1.95. The maximum atomic E-state index is 11.8. The number of hydrogen-bond acceptors (Lipinski definition) is 6. The van der Waals surface area contributed by atoms with Gasteiger partial charge in [0, 0.05) is 13.1 Å². The zero-order valence-electron chi connectivity index (χ0n) is 11.2. The first-order valence-corrected chi connectivity index (χ1v) is 9.05. The number of anilines is 1. The molecule has 2 aromatic rings. The molecule has 1 aliphatic rings. The monoisotopic (exact) mass is 312 g/mol. The standard InChI is InChI=1S/C12H16N4O2S2/c1-2-13-11-9-4-6-19-12(9)15-10(14-11)8-16-5-3-7-20(16,17)18/h4,6H,2-3,5,7-8H2,1H3,(H,13,14,15). The van der Waals surface area contributed by atoms with Crippen molar-refractivity contribution in [3.8, 4) is 0 Å². The van der Waals surface area contributed by atoms with Gasteiger partial charge in [0.1, 0.15) is 16.5 Å². The predicted molar refractivity (Wildman–Crippen MR) is 80.4 cm³/mol. The van der Waals surface area contributed by atoms with E-state index in [1.54, 1.807) is 11.3 Å². The maximum absolute atomic E-state index is 11.8. The Bertz CT molecular complexity index is 726. The van der Waals surface area contributed by atoms with Crippen LogP contribution in [0.5, 0.6) is 0 Å². The van der Waals surface area contributed by atoms with Gasteiger partial charge in [0.25, 0.3) is 0 Å². The summed E-state index contributed by atoms with van der Waals surface area (Å²) in [6, 6.07) is 1.98. The van der Waals surface area contributed by atoms with Gasteiger partial charge in [-0.05, 0) is 24.8 Å². The highest BCUT2D eigenvalue weighted by molar-refractivity contribution is 7.89. The number of hydrogen-bond donors (Lipinski definition) is 1. The number of rotatable bonds is 4. The third-order valence-corrected chi connectivity index (χ3v) is 5.95. The van der Waals surface area contributed by atoms with Crippen LogP contribution in [0.4, 0.5) is 5.82 Å². The summed E-state index contributed by atoms with van der Waals surface area (Å²) in [5, 5.41) is 6.17. The van der Waals surface area contributed by atoms with Gasteiger partial charge in [-0.3, -0.25) is 0 Å². The van der Waals surface area contributed by atoms with Crippen molar-refractivity contribution < 1.29 is 8.42 Å². The largest absolute Gasteiger partial charge is 0.370 e. The Morgan fingerprint density at radius 1 is 1.45 bits per heavy atom. The molecule has 0 radical (unpaired) electrons. The van der Waals surface area contributed by atoms with E-state index in [4.69, 9.17) is 0 Å². The van der Waals surface area contributed by atoms with Gasteiger partial charge < -0.3 is 5.32 Å². The van der Waals surface area contributed by atoms with Crippen molar-refractivity contribution in [1.82, 2.24) is 14.3 Å². The van der Waals surface area contributed by atoms with Crippen LogP contribution < -0.4 is 5.32 Å². The zero-order chi connectivity index (χ0) is 14.2. The van der Waals surface area contributed by atoms with E-state index in [0.717, 1.165) is 22.6 Å². The summed E-state index contributed by atoms with van der Waals surface area (Å²) >= 11 is 1.54. The van der Waals surface area contributed by atoms with E-state index in [-0.39, 0.29) is 12.3 Å². The number of nitrogens with one attached hydrogen (secondary N) is 1. The molecule has 3 rings (SSSR count). The van der Waals surface area contributed by atoms with Crippen LogP contribution in [0.2, 0.25) is 0 Å². The van der Waals surface area contributed by atoms with Crippen LogP contribution in [0.3, 0.4) is 0 Å². The minimum absolute atomic E-state index is 0.230. The van der Waals surface area contributed by atoms with Crippen LogP contribution in [0.1, 0.15) is 19.2 Å². The molecule has 0 amide bonds. The molecule has 20 heavy (non-hydrogen) atoms. The quantitative estimate of drug-likeness (QED) is 0.929. The Morgan fingerprint density at radius 2 is 2.30 bits per heavy atom. The third kappa shape index (κ3) is 2.50. The molecule has 0 saturated carbocycles. The third-order valence-electron chi connectivity index (χ3n) is 3.24. The molecule has 1 N–H and O–H groups in total. The lowest BCUT2D eigenvalue weighted by atomic mass is 10.3. The molecule has 0 aliphatic carbocycles. The normalized spacial score (nSPS) is 18.6. The summed E-state index contributed by atoms with van der Waals surface area (Å²) in [6.45, 7) is 3.59. The predicted octanol–water partition coefficient (Wildman–Crippen LogP) is 1.66. The van der Waals surface area contributed by atoms with Gasteiger partial charge in [-0.15, -0.1) is 11.3 Å². The van der Waals surface area contributed by atoms with Crippen LogP contribution in [-0.4, -0.2) is 41.5 Å². The topological polar surface area (TPSA) is 75.2 Å². The molecular weight excluding hydrogens is 296 g/mol. The summed E-state index contributed by atoms with van der Waals surface area (Å²) < 4.78 is 25.2. The SMILES string of the molecule is CCNc1nc(CN2CCCS2(=O)=O)nc2sccc12. The van der Waals surface area contributed by atoms with Crippen molar-refractivity contribution >= 4 is 37.4 Å². The summed E-state index contributed by atoms with van der Waals surface area (Å²) in [5.41, 5.74) is 0. The smallest absolute Gasteiger partial charge is 0.214 e. The number of fused-ring (bicyclic) bond motifs is 1. The average Bonchev–Trinajstić information content (AvgIpc) is 2.97. The van der Waals surface area contributed by atoms with Gasteiger partial charge in [-0.2, -0.15) is 4.31 Å². The van der Waals surface area contributed by atoms with E-state index in [0.29, 0.717) is 18.8 Å². The van der Waals surface area contributed by atoms with Crippen molar-refractivity contribution in [2.45, 2.75) is 19.9 Å². The van der Waals surface area contributed by atoms with E-state index in [1.807, 2.05) is 18.4 Å². The molecule has 108 valence electrons. The molecule has 2 aromatic heterocycles. The first-order valence-electron chi connectivity index (χ1n) is 6.56. The summed E-state index contributed by atoms with van der Waals surface area (Å²) in [6.07, 6.45) is 0.684. The van der Waals surface area contributed by atoms with Crippen molar-refractivity contribution in [1.29, 1.82) is 0 Å². The number of aromatic nitrogens is 2. The lowest BCUT2D eigenvalue weighted by Gasteiger charge is -2.14. The molecule has 0 spiro atoms. The van der Waals surface area contributed by atoms with E-state index >= 15 is 0 Å². The van der Waals surface area contributed by atoms with Crippen molar-refractivity contribution in [2.24, 2.45) is 0 Å². The first-order chi connectivity index (χ1) is 9.60. The van der Waals surface area contributed by atoms with Crippen molar-refractivity contribution in [2.75, 3.05) is 24.2 Å². The van der Waals surface area contributed by atoms with Crippen LogP contribution in [-0.2, 0) is 16.6 Å². The number of sulfonamides is 1. The lowest BCUT2D eigenvalue weighted by molar-refractivity contribution is 0.430. The van der Waals surface area contributed by atoms with Crippen LogP contribution >= 0.6 is 11.3 Å². The fraction of sp³-hybridized carbons (Fsp3) is 0.500. The highest BCUT2D eigenvalue weighted by atomic mass is 32.2. The fourth-order valence-corrected chi connectivity index (χ4v) is 4.55. The van der Waals surface area contributed by atoms with E-state index in [1.165, 1.54) is 4.31 Å². The van der Waals surface area contributed by atoms with Gasteiger partial charge in [-0.25, -0.2) is 18.4 Å². The zero-order valence-corrected chi connectivity index (χ0v) is 12.8. The van der Waals surface area contributed by atoms with Crippen LogP contribution in [0.25, 0.3) is 10.2 Å². The minimum Gasteiger partial charge on any atom is -0.370 e. The summed E-state index contributed by atoms with van der Waals surface area (Å²) in [7, 11) is -3.11. The molecule has 3 heterocycles. The first kappa shape index (κ1) is 13.7. The Morgan fingerprint density at radius 3 is 3.00 bits per heavy atom. The Kier molecular flexibility index (Phi) is 3.61. The van der Waals surface area contributed by atoms with Gasteiger partial charge >= 0.3 is 0 Å². The molecule has 8 heteroatoms. The van der Waals surface area contributed by atoms with E-state index in [2.05, 4.69) is 15.3 Å². The minimum atomic E-state index is -3.11. The Hall–Kier alpha value is -1.25. The van der Waals surface area contributed by atoms with Crippen molar-refractivity contribution in [3.05, 3.63) is 17.3 Å². The molecule has 1 saturated heterocycles. The second-order valence-corrected chi connectivity index (χ2v) is 7.64. The maximum Gasteiger partial charge on any atom is 0.214 e. The summed E-state index contributed by atoms with van der Waals surface area (Å²) in [5.74, 6) is 1.57. The van der Waals surface area contributed by atoms with Crippen molar-refractivity contribution in [3.63, 3.8) is 0 Å². The van der Waals surface area contributed by atoms with Gasteiger partial charge in [0.2, 0.25) is 10.0 Å². The number of nitrogens with zero attached hydrogens (tertiary/aromatic N) is 3. The van der Waals surface area contributed by atoms with Crippen LogP contribution in [0, 0.1) is 0 Å². The second kappa shape index (κ2) is 5.27. The molecule has 1 fully saturated rings. The molecule has 0 bridgehead atoms. The molecule has 1 aliphatic heterocycles. The molecule has 0 unspecified atom stereocenters. The van der Waals surface area contributed by atoms with Gasteiger partial charge in [0.05, 0.1) is 17.7 Å². The molecule has 0 atom stereocenters. The Labute approximate surface area is 121 Å². The lowest BCUT2D eigenvalue weighted by Crippen LogP contribution is -2.26.